The standard InChI is InChI=1S/C14H18ClNO3/c15-8-3-9-16(10-4-1-5-10)14(19)13-11(17)6-2-7-12(13)18/h2,6-7,10,17-18H,1,3-5,8-9H2. The Morgan fingerprint density at radius 3 is 2.42 bits per heavy atom. The Morgan fingerprint density at radius 1 is 1.32 bits per heavy atom. The van der Waals surface area contributed by atoms with Crippen molar-refractivity contribution in [3.8, 4) is 11.5 Å². The molecule has 0 unspecified atom stereocenters. The van der Waals surface area contributed by atoms with Gasteiger partial charge in [-0.15, -0.1) is 11.6 Å². The Labute approximate surface area is 117 Å². The van der Waals surface area contributed by atoms with Crippen LogP contribution in [0.3, 0.4) is 0 Å². The van der Waals surface area contributed by atoms with E-state index >= 15 is 0 Å². The number of phenolic OH excluding ortho intramolecular Hbond substituents is 2. The molecule has 0 aromatic heterocycles. The van der Waals surface area contributed by atoms with E-state index < -0.39 is 0 Å². The Balaban J connectivity index is 2.22. The van der Waals surface area contributed by atoms with Crippen LogP contribution in [0, 0.1) is 0 Å². The molecule has 1 aromatic rings. The highest BCUT2D eigenvalue weighted by atomic mass is 35.5. The van der Waals surface area contributed by atoms with Gasteiger partial charge in [0.1, 0.15) is 17.1 Å². The molecule has 0 aliphatic heterocycles. The van der Waals surface area contributed by atoms with E-state index in [2.05, 4.69) is 0 Å². The highest BCUT2D eigenvalue weighted by Gasteiger charge is 2.31. The summed E-state index contributed by atoms with van der Waals surface area (Å²) in [5.41, 5.74) is -0.0102. The molecule has 1 amide bonds. The van der Waals surface area contributed by atoms with Crippen LogP contribution < -0.4 is 0 Å². The molecule has 1 aromatic carbocycles. The maximum Gasteiger partial charge on any atom is 0.261 e. The summed E-state index contributed by atoms with van der Waals surface area (Å²) in [6.45, 7) is 0.556. The molecule has 1 saturated carbocycles. The zero-order valence-corrected chi connectivity index (χ0v) is 11.4. The molecule has 5 heteroatoms. The normalized spacial score (nSPS) is 15.0. The molecule has 0 radical (unpaired) electrons. The van der Waals surface area contributed by atoms with Crippen molar-refractivity contribution in [2.24, 2.45) is 0 Å². The van der Waals surface area contributed by atoms with Gasteiger partial charge in [0, 0.05) is 18.5 Å². The summed E-state index contributed by atoms with van der Waals surface area (Å²) < 4.78 is 0. The van der Waals surface area contributed by atoms with E-state index in [4.69, 9.17) is 11.6 Å². The number of carbonyl (C=O) groups is 1. The lowest BCUT2D eigenvalue weighted by molar-refractivity contribution is 0.0574. The number of carbonyl (C=O) groups excluding carboxylic acids is 1. The molecular weight excluding hydrogens is 266 g/mol. The van der Waals surface area contributed by atoms with Gasteiger partial charge in [-0.3, -0.25) is 4.79 Å². The van der Waals surface area contributed by atoms with Crippen molar-refractivity contribution in [3.63, 3.8) is 0 Å². The number of amides is 1. The van der Waals surface area contributed by atoms with Crippen LogP contribution in [-0.2, 0) is 0 Å². The van der Waals surface area contributed by atoms with E-state index in [9.17, 15) is 15.0 Å². The van der Waals surface area contributed by atoms with E-state index in [0.717, 1.165) is 19.3 Å². The smallest absolute Gasteiger partial charge is 0.261 e. The molecule has 1 aliphatic carbocycles. The molecule has 2 N–H and O–H groups in total. The van der Waals surface area contributed by atoms with Crippen LogP contribution in [0.25, 0.3) is 0 Å². The van der Waals surface area contributed by atoms with E-state index in [1.165, 1.54) is 18.2 Å². The zero-order valence-electron chi connectivity index (χ0n) is 10.7. The van der Waals surface area contributed by atoms with Gasteiger partial charge >= 0.3 is 0 Å². The number of hydrogen-bond acceptors (Lipinski definition) is 3. The number of aromatic hydroxyl groups is 2. The largest absolute Gasteiger partial charge is 0.507 e. The van der Waals surface area contributed by atoms with Gasteiger partial charge in [-0.1, -0.05) is 6.07 Å². The van der Waals surface area contributed by atoms with Gasteiger partial charge in [-0.25, -0.2) is 0 Å². The monoisotopic (exact) mass is 283 g/mol. The van der Waals surface area contributed by atoms with Gasteiger partial charge in [0.2, 0.25) is 0 Å². The van der Waals surface area contributed by atoms with E-state index in [1.54, 1.807) is 4.90 Å². The molecular formula is C14H18ClNO3. The highest BCUT2D eigenvalue weighted by molar-refractivity contribution is 6.17. The van der Waals surface area contributed by atoms with Crippen molar-refractivity contribution in [1.82, 2.24) is 4.90 Å². The molecule has 1 fully saturated rings. The topological polar surface area (TPSA) is 60.8 Å². The van der Waals surface area contributed by atoms with E-state index in [0.29, 0.717) is 18.8 Å². The lowest BCUT2D eigenvalue weighted by atomic mass is 9.90. The van der Waals surface area contributed by atoms with Crippen molar-refractivity contribution < 1.29 is 15.0 Å². The Hall–Kier alpha value is -1.42. The molecule has 0 heterocycles. The van der Waals surface area contributed by atoms with E-state index in [1.807, 2.05) is 0 Å². The van der Waals surface area contributed by atoms with Gasteiger partial charge in [0.25, 0.3) is 5.91 Å². The van der Waals surface area contributed by atoms with Crippen molar-refractivity contribution in [3.05, 3.63) is 23.8 Å². The minimum absolute atomic E-state index is 0.0102. The summed E-state index contributed by atoms with van der Waals surface area (Å²) in [7, 11) is 0. The molecule has 1 aliphatic rings. The summed E-state index contributed by atoms with van der Waals surface area (Å²) in [6, 6.07) is 4.53. The maximum absolute atomic E-state index is 12.5. The summed E-state index contributed by atoms with van der Waals surface area (Å²) in [5.74, 6) is -0.186. The summed E-state index contributed by atoms with van der Waals surface area (Å²) >= 11 is 5.69. The third-order valence-corrected chi connectivity index (χ3v) is 3.81. The molecule has 104 valence electrons. The van der Waals surface area contributed by atoms with Crippen molar-refractivity contribution in [2.45, 2.75) is 31.7 Å². The number of phenols is 2. The van der Waals surface area contributed by atoms with E-state index in [-0.39, 0.29) is 29.0 Å². The number of hydrogen-bond donors (Lipinski definition) is 2. The second-order valence-corrected chi connectivity index (χ2v) is 5.18. The third kappa shape index (κ3) is 2.95. The van der Waals surface area contributed by atoms with Crippen molar-refractivity contribution >= 4 is 17.5 Å². The lowest BCUT2D eigenvalue weighted by Crippen LogP contribution is -2.44. The molecule has 0 saturated heterocycles. The molecule has 0 bridgehead atoms. The van der Waals surface area contributed by atoms with Gasteiger partial charge in [0.05, 0.1) is 0 Å². The van der Waals surface area contributed by atoms with Crippen LogP contribution in [0.15, 0.2) is 18.2 Å². The van der Waals surface area contributed by atoms with Gasteiger partial charge in [0.15, 0.2) is 0 Å². The fourth-order valence-electron chi connectivity index (χ4n) is 2.27. The van der Waals surface area contributed by atoms with Crippen LogP contribution in [0.5, 0.6) is 11.5 Å². The van der Waals surface area contributed by atoms with Gasteiger partial charge in [-0.05, 0) is 37.8 Å². The van der Waals surface area contributed by atoms with Crippen LogP contribution in [-0.4, -0.2) is 39.5 Å². The molecule has 4 nitrogen and oxygen atoms in total. The SMILES string of the molecule is O=C(c1c(O)cccc1O)N(CCCCl)C1CCC1. The number of alkyl halides is 1. The Kier molecular flexibility index (Phi) is 4.53. The second-order valence-electron chi connectivity index (χ2n) is 4.80. The van der Waals surface area contributed by atoms with Crippen LogP contribution in [0.4, 0.5) is 0 Å². The molecule has 0 spiro atoms. The first-order chi connectivity index (χ1) is 9.15. The fraction of sp³-hybridized carbons (Fsp3) is 0.500. The Bertz CT molecular complexity index is 440. The number of halogens is 1. The molecule has 0 atom stereocenters. The summed E-state index contributed by atoms with van der Waals surface area (Å²) in [4.78, 5) is 14.2. The Morgan fingerprint density at radius 2 is 1.95 bits per heavy atom. The third-order valence-electron chi connectivity index (χ3n) is 3.54. The first-order valence-corrected chi connectivity index (χ1v) is 7.06. The number of benzene rings is 1. The zero-order chi connectivity index (χ0) is 13.8. The summed E-state index contributed by atoms with van der Waals surface area (Å²) in [6.07, 6.45) is 3.77. The van der Waals surface area contributed by atoms with Crippen LogP contribution in [0.2, 0.25) is 0 Å². The molecule has 19 heavy (non-hydrogen) atoms. The first kappa shape index (κ1) is 14.0. The summed E-state index contributed by atoms with van der Waals surface area (Å²) in [5, 5.41) is 19.6. The predicted octanol–water partition coefficient (Wildman–Crippen LogP) is 2.72. The van der Waals surface area contributed by atoms with Crippen molar-refractivity contribution in [2.75, 3.05) is 12.4 Å². The minimum atomic E-state index is -0.314. The second kappa shape index (κ2) is 6.15. The maximum atomic E-state index is 12.5. The first-order valence-electron chi connectivity index (χ1n) is 6.53. The quantitative estimate of drug-likeness (QED) is 0.817. The van der Waals surface area contributed by atoms with Gasteiger partial charge < -0.3 is 15.1 Å². The van der Waals surface area contributed by atoms with Crippen LogP contribution in [0.1, 0.15) is 36.0 Å². The fourth-order valence-corrected chi connectivity index (χ4v) is 2.39. The highest BCUT2D eigenvalue weighted by Crippen LogP contribution is 2.32. The van der Waals surface area contributed by atoms with Gasteiger partial charge in [-0.2, -0.15) is 0 Å². The van der Waals surface area contributed by atoms with Crippen molar-refractivity contribution in [1.29, 1.82) is 0 Å². The lowest BCUT2D eigenvalue weighted by Gasteiger charge is -2.37. The predicted molar refractivity (Wildman–Crippen MR) is 73.8 cm³/mol. The average molecular weight is 284 g/mol. The molecule has 2 rings (SSSR count). The number of nitrogens with zero attached hydrogens (tertiary/aromatic N) is 1. The average Bonchev–Trinajstić information content (AvgIpc) is 2.31. The van der Waals surface area contributed by atoms with Crippen LogP contribution >= 0.6 is 11.6 Å². The minimum Gasteiger partial charge on any atom is -0.507 e. The number of rotatable bonds is 5.